The van der Waals surface area contributed by atoms with Gasteiger partial charge in [0.25, 0.3) is 0 Å². The van der Waals surface area contributed by atoms with E-state index in [0.29, 0.717) is 5.75 Å². The number of hydrogen-bond donors (Lipinski definition) is 0. The summed E-state index contributed by atoms with van der Waals surface area (Å²) in [4.78, 5) is 18.2. The first-order chi connectivity index (χ1) is 10.0. The molecule has 0 amide bonds. The van der Waals surface area contributed by atoms with E-state index in [1.807, 2.05) is 19.9 Å². The smallest absolute Gasteiger partial charge is 0.392 e. The molecule has 2 rings (SSSR count). The second-order valence-corrected chi connectivity index (χ2v) is 4.45. The molecule has 0 radical (unpaired) electrons. The van der Waals surface area contributed by atoms with Crippen molar-refractivity contribution in [2.75, 3.05) is 6.61 Å². The molecule has 0 atom stereocenters. The van der Waals surface area contributed by atoms with Crippen molar-refractivity contribution in [3.63, 3.8) is 0 Å². The summed E-state index contributed by atoms with van der Waals surface area (Å²) in [6, 6.07) is 5.53. The van der Waals surface area contributed by atoms with Crippen LogP contribution < -0.4 is 9.47 Å². The molecular weight excluding hydrogens is 274 g/mol. The monoisotopic (exact) mass is 289 g/mol. The highest BCUT2D eigenvalue weighted by atomic mass is 16.6. The van der Waals surface area contributed by atoms with Gasteiger partial charge in [-0.15, -0.1) is 0 Å². The predicted octanol–water partition coefficient (Wildman–Crippen LogP) is 3.19. The number of nitro groups is 1. The molecule has 0 N–H and O–H groups in total. The van der Waals surface area contributed by atoms with Gasteiger partial charge in [-0.1, -0.05) is 6.07 Å². The first-order valence-electron chi connectivity index (χ1n) is 6.39. The number of hydrogen-bond acceptors (Lipinski definition) is 6. The maximum absolute atomic E-state index is 11.2. The molecule has 1 aromatic carbocycles. The van der Waals surface area contributed by atoms with E-state index in [9.17, 15) is 10.1 Å². The Morgan fingerprint density at radius 1 is 1.14 bits per heavy atom. The Morgan fingerprint density at radius 3 is 2.33 bits per heavy atom. The van der Waals surface area contributed by atoms with Crippen molar-refractivity contribution < 1.29 is 14.4 Å². The van der Waals surface area contributed by atoms with E-state index >= 15 is 0 Å². The topological polar surface area (TPSA) is 87.4 Å². The summed E-state index contributed by atoms with van der Waals surface area (Å²) < 4.78 is 10.7. The van der Waals surface area contributed by atoms with Gasteiger partial charge in [0.05, 0.1) is 11.5 Å². The average Bonchev–Trinajstić information content (AvgIpc) is 2.37. The van der Waals surface area contributed by atoms with Gasteiger partial charge in [0.2, 0.25) is 0 Å². The van der Waals surface area contributed by atoms with Crippen molar-refractivity contribution in [1.82, 2.24) is 9.97 Å². The van der Waals surface area contributed by atoms with Crippen molar-refractivity contribution in [3.05, 3.63) is 45.8 Å². The van der Waals surface area contributed by atoms with Gasteiger partial charge in [-0.3, -0.25) is 10.1 Å². The minimum atomic E-state index is -0.608. The Labute approximate surface area is 121 Å². The quantitative estimate of drug-likeness (QED) is 0.620. The van der Waals surface area contributed by atoms with Crippen LogP contribution in [-0.4, -0.2) is 21.5 Å². The zero-order valence-electron chi connectivity index (χ0n) is 12.0. The largest absolute Gasteiger partial charge is 0.473 e. The molecule has 1 aromatic heterocycles. The highest BCUT2D eigenvalue weighted by Gasteiger charge is 2.26. The molecule has 7 nitrogen and oxygen atoms in total. The number of rotatable bonds is 5. The van der Waals surface area contributed by atoms with Crippen LogP contribution in [0.5, 0.6) is 17.5 Å². The Morgan fingerprint density at radius 2 is 1.76 bits per heavy atom. The number of benzene rings is 1. The van der Waals surface area contributed by atoms with E-state index in [0.717, 1.165) is 11.1 Å². The third-order valence-corrected chi connectivity index (χ3v) is 2.63. The van der Waals surface area contributed by atoms with E-state index in [4.69, 9.17) is 9.47 Å². The average molecular weight is 289 g/mol. The van der Waals surface area contributed by atoms with E-state index in [-0.39, 0.29) is 24.1 Å². The fourth-order valence-electron chi connectivity index (χ4n) is 1.92. The van der Waals surface area contributed by atoms with Gasteiger partial charge in [-0.25, -0.2) is 0 Å². The summed E-state index contributed by atoms with van der Waals surface area (Å²) in [6.07, 6.45) is 1.18. The summed E-state index contributed by atoms with van der Waals surface area (Å²) >= 11 is 0. The second kappa shape index (κ2) is 6.17. The maximum atomic E-state index is 11.2. The third-order valence-electron chi connectivity index (χ3n) is 2.63. The summed E-state index contributed by atoms with van der Waals surface area (Å²) in [5, 5.41) is 11.2. The van der Waals surface area contributed by atoms with Gasteiger partial charge >= 0.3 is 17.4 Å². The SMILES string of the molecule is CCOc1ncnc(Oc2cc(C)cc(C)c2)c1[N+](=O)[O-]. The van der Waals surface area contributed by atoms with Gasteiger partial charge in [0.1, 0.15) is 12.1 Å². The van der Waals surface area contributed by atoms with Crippen LogP contribution in [-0.2, 0) is 0 Å². The van der Waals surface area contributed by atoms with Crippen LogP contribution in [0.25, 0.3) is 0 Å². The van der Waals surface area contributed by atoms with Gasteiger partial charge in [0, 0.05) is 0 Å². The lowest BCUT2D eigenvalue weighted by Gasteiger charge is -2.09. The van der Waals surface area contributed by atoms with Crippen LogP contribution in [0.15, 0.2) is 24.5 Å². The molecule has 0 saturated heterocycles. The molecule has 1 heterocycles. The number of aromatic nitrogens is 2. The number of ether oxygens (including phenoxy) is 2. The molecule has 0 aliphatic rings. The van der Waals surface area contributed by atoms with Crippen molar-refractivity contribution in [3.8, 4) is 17.5 Å². The van der Waals surface area contributed by atoms with Crippen LogP contribution in [0.2, 0.25) is 0 Å². The molecule has 21 heavy (non-hydrogen) atoms. The van der Waals surface area contributed by atoms with Crippen LogP contribution in [0.4, 0.5) is 5.69 Å². The zero-order valence-corrected chi connectivity index (χ0v) is 12.0. The van der Waals surface area contributed by atoms with Crippen LogP contribution in [0.3, 0.4) is 0 Å². The minimum Gasteiger partial charge on any atom is -0.473 e. The maximum Gasteiger partial charge on any atom is 0.392 e. The molecule has 0 saturated carbocycles. The molecule has 2 aromatic rings. The highest BCUT2D eigenvalue weighted by molar-refractivity contribution is 5.51. The van der Waals surface area contributed by atoms with E-state index < -0.39 is 4.92 Å². The molecule has 0 fully saturated rings. The van der Waals surface area contributed by atoms with E-state index in [1.54, 1.807) is 19.1 Å². The second-order valence-electron chi connectivity index (χ2n) is 4.45. The number of nitrogens with zero attached hydrogens (tertiary/aromatic N) is 3. The van der Waals surface area contributed by atoms with Gasteiger partial charge in [-0.2, -0.15) is 9.97 Å². The Hall–Kier alpha value is -2.70. The third kappa shape index (κ3) is 3.44. The predicted molar refractivity (Wildman–Crippen MR) is 75.8 cm³/mol. The fraction of sp³-hybridized carbons (Fsp3) is 0.286. The minimum absolute atomic E-state index is 0.100. The van der Waals surface area contributed by atoms with Crippen molar-refractivity contribution in [1.29, 1.82) is 0 Å². The molecule has 0 unspecified atom stereocenters. The lowest BCUT2D eigenvalue weighted by molar-refractivity contribution is -0.387. The number of aryl methyl sites for hydroxylation is 2. The van der Waals surface area contributed by atoms with E-state index in [2.05, 4.69) is 9.97 Å². The van der Waals surface area contributed by atoms with Crippen LogP contribution in [0, 0.1) is 24.0 Å². The first kappa shape index (κ1) is 14.7. The molecule has 110 valence electrons. The standard InChI is InChI=1S/C14H15N3O4/c1-4-20-13-12(17(18)19)14(16-8-15-13)21-11-6-9(2)5-10(3)7-11/h5-8H,4H2,1-3H3. The molecule has 0 bridgehead atoms. The summed E-state index contributed by atoms with van der Waals surface area (Å²) in [7, 11) is 0. The van der Waals surface area contributed by atoms with Crippen molar-refractivity contribution >= 4 is 5.69 Å². The molecule has 0 aliphatic heterocycles. The summed E-state index contributed by atoms with van der Waals surface area (Å²) in [5.74, 6) is 0.247. The van der Waals surface area contributed by atoms with Gasteiger partial charge in [-0.05, 0) is 44.0 Å². The van der Waals surface area contributed by atoms with Gasteiger partial charge in [0.15, 0.2) is 0 Å². The van der Waals surface area contributed by atoms with Gasteiger partial charge < -0.3 is 9.47 Å². The lowest BCUT2D eigenvalue weighted by atomic mass is 10.1. The Balaban J connectivity index is 2.43. The molecular formula is C14H15N3O4. The highest BCUT2D eigenvalue weighted by Crippen LogP contribution is 2.35. The molecule has 0 spiro atoms. The molecule has 0 aliphatic carbocycles. The van der Waals surface area contributed by atoms with Crippen molar-refractivity contribution in [2.24, 2.45) is 0 Å². The Kier molecular flexibility index (Phi) is 4.32. The zero-order chi connectivity index (χ0) is 15.4. The first-order valence-corrected chi connectivity index (χ1v) is 6.39. The Bertz CT molecular complexity index is 653. The van der Waals surface area contributed by atoms with Crippen LogP contribution in [0.1, 0.15) is 18.1 Å². The van der Waals surface area contributed by atoms with Crippen molar-refractivity contribution in [2.45, 2.75) is 20.8 Å². The fourth-order valence-corrected chi connectivity index (χ4v) is 1.92. The summed E-state index contributed by atoms with van der Waals surface area (Å²) in [6.45, 7) is 5.82. The lowest BCUT2D eigenvalue weighted by Crippen LogP contribution is -2.03. The summed E-state index contributed by atoms with van der Waals surface area (Å²) in [5.41, 5.74) is 1.61. The molecule has 7 heteroatoms. The van der Waals surface area contributed by atoms with Crippen LogP contribution >= 0.6 is 0 Å². The normalized spacial score (nSPS) is 10.2. The van der Waals surface area contributed by atoms with E-state index in [1.165, 1.54) is 6.33 Å².